The monoisotopic (exact) mass is 254 g/mol. The Morgan fingerprint density at radius 3 is 3.12 bits per heavy atom. The fraction of sp³-hybridized carbons (Fsp3) is 0.556. The molecule has 0 aliphatic carbocycles. The van der Waals surface area contributed by atoms with Gasteiger partial charge in [-0.15, -0.1) is 11.3 Å². The predicted molar refractivity (Wildman–Crippen MR) is 65.4 cm³/mol. The zero-order chi connectivity index (χ0) is 12.7. The minimum atomic E-state index is -0.578. The van der Waals surface area contributed by atoms with Gasteiger partial charge in [-0.3, -0.25) is 4.79 Å². The molecule has 8 heteroatoms. The van der Waals surface area contributed by atoms with Gasteiger partial charge in [0.25, 0.3) is 0 Å². The summed E-state index contributed by atoms with van der Waals surface area (Å²) in [5, 5.41) is 9.10. The maximum absolute atomic E-state index is 11.3. The Morgan fingerprint density at radius 1 is 1.82 bits per heavy atom. The summed E-state index contributed by atoms with van der Waals surface area (Å²) in [5.41, 5.74) is 14.0. The summed E-state index contributed by atoms with van der Waals surface area (Å²) in [6, 6.07) is -0.578. The lowest BCUT2D eigenvalue weighted by molar-refractivity contribution is -0.120. The number of primary amides is 1. The number of carbonyl (C=O) groups is 1. The van der Waals surface area contributed by atoms with Crippen LogP contribution >= 0.6 is 11.3 Å². The van der Waals surface area contributed by atoms with Gasteiger partial charge in [0.1, 0.15) is 6.04 Å². The predicted octanol–water partition coefficient (Wildman–Crippen LogP) is 1.27. The smallest absolute Gasteiger partial charge is 0.240 e. The minimum absolute atomic E-state index is 0.394. The highest BCUT2D eigenvalue weighted by Crippen LogP contribution is 2.15. The number of hydrogen-bond acceptors (Lipinski definition) is 5. The highest BCUT2D eigenvalue weighted by molar-refractivity contribution is 7.09. The molecule has 1 aromatic rings. The van der Waals surface area contributed by atoms with Crippen molar-refractivity contribution < 1.29 is 4.79 Å². The molecule has 7 nitrogen and oxygen atoms in total. The number of amides is 1. The molecule has 92 valence electrons. The lowest BCUT2D eigenvalue weighted by Crippen LogP contribution is -2.34. The van der Waals surface area contributed by atoms with Crippen LogP contribution in [0, 0.1) is 6.92 Å². The first-order valence-electron chi connectivity index (χ1n) is 5.10. The molecular formula is C9H14N6OS. The molecule has 0 aromatic carbocycles. The van der Waals surface area contributed by atoms with Gasteiger partial charge in [-0.25, -0.2) is 4.98 Å². The van der Waals surface area contributed by atoms with Crippen molar-refractivity contribution in [2.45, 2.75) is 19.4 Å². The molecule has 1 unspecified atom stereocenters. The number of nitrogens with two attached hydrogens (primary N) is 1. The second-order valence-electron chi connectivity index (χ2n) is 3.39. The second kappa shape index (κ2) is 6.85. The largest absolute Gasteiger partial charge is 0.368 e. The van der Waals surface area contributed by atoms with Gasteiger partial charge in [0, 0.05) is 16.8 Å². The molecule has 1 rings (SSSR count). The van der Waals surface area contributed by atoms with Crippen LogP contribution in [0.5, 0.6) is 0 Å². The van der Waals surface area contributed by atoms with Crippen molar-refractivity contribution in [2.24, 2.45) is 10.8 Å². The van der Waals surface area contributed by atoms with Crippen LogP contribution in [0.2, 0.25) is 0 Å². The molecular weight excluding hydrogens is 240 g/mol. The summed E-state index contributed by atoms with van der Waals surface area (Å²) in [5.74, 6) is -0.459. The average Bonchev–Trinajstić information content (AvgIpc) is 2.69. The van der Waals surface area contributed by atoms with Crippen LogP contribution < -0.4 is 11.1 Å². The van der Waals surface area contributed by atoms with Crippen molar-refractivity contribution >= 4 is 17.2 Å². The standard InChI is InChI=1S/C9H14N6OS/c1-6-14-7(5-17-6)8(9(10)16)12-3-2-4-13-15-11/h5,8,12H,2-4H2,1H3,(H2,10,16). The number of azide groups is 1. The number of carbonyl (C=O) groups excluding carboxylic acids is 1. The third kappa shape index (κ3) is 4.39. The van der Waals surface area contributed by atoms with Crippen molar-refractivity contribution in [1.82, 2.24) is 10.3 Å². The number of nitrogens with one attached hydrogen (secondary N) is 1. The van der Waals surface area contributed by atoms with Crippen LogP contribution in [-0.2, 0) is 4.79 Å². The first-order valence-corrected chi connectivity index (χ1v) is 5.98. The van der Waals surface area contributed by atoms with Crippen LogP contribution in [0.1, 0.15) is 23.2 Å². The fourth-order valence-electron chi connectivity index (χ4n) is 1.30. The lowest BCUT2D eigenvalue weighted by Gasteiger charge is -2.12. The van der Waals surface area contributed by atoms with Gasteiger partial charge in [-0.1, -0.05) is 5.11 Å². The number of rotatable bonds is 7. The third-order valence-electron chi connectivity index (χ3n) is 2.06. The number of aryl methyl sites for hydroxylation is 1. The highest BCUT2D eigenvalue weighted by atomic mass is 32.1. The van der Waals surface area contributed by atoms with Crippen molar-refractivity contribution in [3.63, 3.8) is 0 Å². The van der Waals surface area contributed by atoms with E-state index < -0.39 is 11.9 Å². The number of hydrogen-bond donors (Lipinski definition) is 2. The molecule has 0 saturated heterocycles. The maximum atomic E-state index is 11.3. The minimum Gasteiger partial charge on any atom is -0.368 e. The van der Waals surface area contributed by atoms with Gasteiger partial charge in [-0.05, 0) is 25.4 Å². The van der Waals surface area contributed by atoms with E-state index in [1.807, 2.05) is 12.3 Å². The average molecular weight is 254 g/mol. The molecule has 0 radical (unpaired) electrons. The maximum Gasteiger partial charge on any atom is 0.240 e. The van der Waals surface area contributed by atoms with E-state index in [0.29, 0.717) is 25.2 Å². The number of thiazole rings is 1. The van der Waals surface area contributed by atoms with E-state index in [2.05, 4.69) is 20.3 Å². The first kappa shape index (κ1) is 13.4. The Bertz CT molecular complexity index is 425. The van der Waals surface area contributed by atoms with E-state index >= 15 is 0 Å². The van der Waals surface area contributed by atoms with E-state index in [1.54, 1.807) is 0 Å². The zero-order valence-corrected chi connectivity index (χ0v) is 10.3. The topological polar surface area (TPSA) is 117 Å². The van der Waals surface area contributed by atoms with E-state index in [-0.39, 0.29) is 0 Å². The summed E-state index contributed by atoms with van der Waals surface area (Å²) < 4.78 is 0. The van der Waals surface area contributed by atoms with Crippen LogP contribution in [0.4, 0.5) is 0 Å². The van der Waals surface area contributed by atoms with Gasteiger partial charge in [-0.2, -0.15) is 0 Å². The van der Waals surface area contributed by atoms with E-state index in [1.165, 1.54) is 11.3 Å². The van der Waals surface area contributed by atoms with Crippen molar-refractivity contribution in [2.75, 3.05) is 13.1 Å². The highest BCUT2D eigenvalue weighted by Gasteiger charge is 2.19. The third-order valence-corrected chi connectivity index (χ3v) is 2.86. The number of aromatic nitrogens is 1. The molecule has 0 aliphatic rings. The molecule has 1 heterocycles. The molecule has 0 spiro atoms. The summed E-state index contributed by atoms with van der Waals surface area (Å²) >= 11 is 1.47. The Morgan fingerprint density at radius 2 is 2.59 bits per heavy atom. The molecule has 17 heavy (non-hydrogen) atoms. The lowest BCUT2D eigenvalue weighted by atomic mass is 10.2. The van der Waals surface area contributed by atoms with Crippen molar-refractivity contribution in [3.8, 4) is 0 Å². The van der Waals surface area contributed by atoms with Crippen LogP contribution in [0.25, 0.3) is 10.4 Å². The normalized spacial score (nSPS) is 11.8. The van der Waals surface area contributed by atoms with Crippen molar-refractivity contribution in [3.05, 3.63) is 26.5 Å². The van der Waals surface area contributed by atoms with Gasteiger partial charge in [0.05, 0.1) is 10.7 Å². The SMILES string of the molecule is Cc1nc(C(NCCCN=[N+]=[N-])C(N)=O)cs1. The fourth-order valence-corrected chi connectivity index (χ4v) is 1.94. The molecule has 1 atom stereocenters. The van der Waals surface area contributed by atoms with Gasteiger partial charge >= 0.3 is 0 Å². The van der Waals surface area contributed by atoms with E-state index in [4.69, 9.17) is 11.3 Å². The number of nitrogens with zero attached hydrogens (tertiary/aromatic N) is 4. The quantitative estimate of drug-likeness (QED) is 0.330. The summed E-state index contributed by atoms with van der Waals surface area (Å²) in [7, 11) is 0. The molecule has 0 saturated carbocycles. The molecule has 1 amide bonds. The van der Waals surface area contributed by atoms with Crippen LogP contribution in [0.3, 0.4) is 0 Å². The van der Waals surface area contributed by atoms with E-state index in [0.717, 1.165) is 5.01 Å². The zero-order valence-electron chi connectivity index (χ0n) is 9.46. The Hall–Kier alpha value is -1.63. The van der Waals surface area contributed by atoms with Gasteiger partial charge < -0.3 is 11.1 Å². The molecule has 0 fully saturated rings. The summed E-state index contributed by atoms with van der Waals surface area (Å²) in [4.78, 5) is 18.1. The summed E-state index contributed by atoms with van der Waals surface area (Å²) in [6.45, 7) is 2.81. The molecule has 3 N–H and O–H groups in total. The second-order valence-corrected chi connectivity index (χ2v) is 4.45. The van der Waals surface area contributed by atoms with Gasteiger partial charge in [0.15, 0.2) is 0 Å². The van der Waals surface area contributed by atoms with Crippen LogP contribution in [-0.4, -0.2) is 24.0 Å². The van der Waals surface area contributed by atoms with Gasteiger partial charge in [0.2, 0.25) is 5.91 Å². The first-order chi connectivity index (χ1) is 8.15. The molecule has 0 aliphatic heterocycles. The van der Waals surface area contributed by atoms with Crippen LogP contribution in [0.15, 0.2) is 10.5 Å². The summed E-state index contributed by atoms with van der Waals surface area (Å²) in [6.07, 6.45) is 0.650. The van der Waals surface area contributed by atoms with Crippen molar-refractivity contribution in [1.29, 1.82) is 0 Å². The van der Waals surface area contributed by atoms with E-state index in [9.17, 15) is 4.79 Å². The Labute approximate surface area is 103 Å². The molecule has 1 aromatic heterocycles. The molecule has 0 bridgehead atoms. The Balaban J connectivity index is 2.50. The Kier molecular flexibility index (Phi) is 5.41.